The van der Waals surface area contributed by atoms with Crippen LogP contribution in [0.25, 0.3) is 0 Å². The first-order valence-electron chi connectivity index (χ1n) is 8.11. The number of amides is 1. The molecular weight excluding hydrogens is 310 g/mol. The summed E-state index contributed by atoms with van der Waals surface area (Å²) in [6.45, 7) is 0. The van der Waals surface area contributed by atoms with Crippen molar-refractivity contribution in [3.8, 4) is 0 Å². The highest BCUT2D eigenvalue weighted by molar-refractivity contribution is 6.05. The second-order valence-corrected chi connectivity index (χ2v) is 6.70. The number of fused-ring (bicyclic) bond motifs is 2. The molecular formula is C18H15NO5. The molecule has 1 amide bonds. The largest absolute Gasteiger partial charge is 0.459 e. The molecule has 0 bridgehead atoms. The first-order valence-corrected chi connectivity index (χ1v) is 8.11. The number of hydrogen-bond donors (Lipinski definition) is 1. The zero-order chi connectivity index (χ0) is 16.4. The summed E-state index contributed by atoms with van der Waals surface area (Å²) in [6, 6.07) is 9.12. The molecule has 1 N–H and O–H groups in total. The summed E-state index contributed by atoms with van der Waals surface area (Å²) < 4.78 is 10.9. The minimum Gasteiger partial charge on any atom is -0.459 e. The number of rotatable bonds is 2. The fourth-order valence-corrected chi connectivity index (χ4v) is 4.27. The lowest BCUT2D eigenvalue weighted by atomic mass is 9.66. The molecule has 5 rings (SSSR count). The number of allylic oxidation sites excluding steroid dienone is 1. The Morgan fingerprint density at radius 2 is 1.88 bits per heavy atom. The van der Waals surface area contributed by atoms with Crippen LogP contribution in [0.4, 0.5) is 5.69 Å². The molecule has 6 atom stereocenters. The van der Waals surface area contributed by atoms with Crippen molar-refractivity contribution in [2.75, 3.05) is 5.32 Å². The van der Waals surface area contributed by atoms with E-state index in [0.717, 1.165) is 0 Å². The number of ether oxygens (including phenoxy) is 2. The summed E-state index contributed by atoms with van der Waals surface area (Å²) in [6.07, 6.45) is 0.943. The molecule has 0 spiro atoms. The number of carbonyl (C=O) groups excluding carboxylic acids is 3. The van der Waals surface area contributed by atoms with Crippen LogP contribution < -0.4 is 5.32 Å². The van der Waals surface area contributed by atoms with Gasteiger partial charge >= 0.3 is 5.97 Å². The molecule has 24 heavy (non-hydrogen) atoms. The maximum Gasteiger partial charge on any atom is 0.310 e. The topological polar surface area (TPSA) is 85.0 Å². The molecule has 6 nitrogen and oxygen atoms in total. The molecule has 122 valence electrons. The molecule has 4 aliphatic rings. The van der Waals surface area contributed by atoms with Gasteiger partial charge in [-0.15, -0.1) is 0 Å². The van der Waals surface area contributed by atoms with Crippen LogP contribution in [-0.4, -0.2) is 36.0 Å². The molecule has 3 fully saturated rings. The van der Waals surface area contributed by atoms with E-state index in [2.05, 4.69) is 5.32 Å². The molecule has 2 heterocycles. The van der Waals surface area contributed by atoms with Crippen LogP contribution in [0.3, 0.4) is 0 Å². The highest BCUT2D eigenvalue weighted by Gasteiger charge is 2.68. The van der Waals surface area contributed by atoms with E-state index in [4.69, 9.17) is 9.47 Å². The molecule has 1 saturated carbocycles. The Morgan fingerprint density at radius 3 is 2.67 bits per heavy atom. The van der Waals surface area contributed by atoms with Gasteiger partial charge in [-0.25, -0.2) is 0 Å². The number of epoxide rings is 1. The maximum absolute atomic E-state index is 12.7. The van der Waals surface area contributed by atoms with E-state index in [1.165, 1.54) is 0 Å². The first kappa shape index (κ1) is 13.9. The number of hydrogen-bond acceptors (Lipinski definition) is 5. The Hall–Kier alpha value is -2.47. The summed E-state index contributed by atoms with van der Waals surface area (Å²) in [5.74, 6) is -2.15. The maximum atomic E-state index is 12.7. The number of ketones is 1. The second-order valence-electron chi connectivity index (χ2n) is 6.70. The number of carbonyl (C=O) groups is 3. The Kier molecular flexibility index (Phi) is 2.77. The Morgan fingerprint density at radius 1 is 1.08 bits per heavy atom. The predicted molar refractivity (Wildman–Crippen MR) is 81.8 cm³/mol. The molecule has 2 aliphatic heterocycles. The lowest BCUT2D eigenvalue weighted by Gasteiger charge is -2.32. The van der Waals surface area contributed by atoms with Gasteiger partial charge in [-0.3, -0.25) is 14.4 Å². The van der Waals surface area contributed by atoms with E-state index < -0.39 is 30.0 Å². The van der Waals surface area contributed by atoms with Crippen LogP contribution in [-0.2, 0) is 23.9 Å². The van der Waals surface area contributed by atoms with Gasteiger partial charge in [0.25, 0.3) is 0 Å². The van der Waals surface area contributed by atoms with Gasteiger partial charge in [0, 0.05) is 17.2 Å². The van der Waals surface area contributed by atoms with Gasteiger partial charge in [0.15, 0.2) is 11.9 Å². The highest BCUT2D eigenvalue weighted by Crippen LogP contribution is 2.53. The fourth-order valence-electron chi connectivity index (χ4n) is 4.27. The van der Waals surface area contributed by atoms with Crippen LogP contribution in [0, 0.1) is 17.8 Å². The van der Waals surface area contributed by atoms with Gasteiger partial charge in [-0.1, -0.05) is 24.3 Å². The van der Waals surface area contributed by atoms with E-state index in [-0.39, 0.29) is 23.7 Å². The molecule has 1 aromatic carbocycles. The Labute approximate surface area is 137 Å². The summed E-state index contributed by atoms with van der Waals surface area (Å²) in [5, 5.41) is 2.85. The van der Waals surface area contributed by atoms with Crippen molar-refractivity contribution in [2.45, 2.75) is 24.7 Å². The lowest BCUT2D eigenvalue weighted by Crippen LogP contribution is -2.44. The summed E-state index contributed by atoms with van der Waals surface area (Å²) >= 11 is 0. The van der Waals surface area contributed by atoms with Crippen LogP contribution in [0.5, 0.6) is 0 Å². The third-order valence-corrected chi connectivity index (χ3v) is 5.42. The smallest absolute Gasteiger partial charge is 0.310 e. The molecule has 2 aliphatic carbocycles. The van der Waals surface area contributed by atoms with E-state index >= 15 is 0 Å². The molecule has 0 radical (unpaired) electrons. The van der Waals surface area contributed by atoms with E-state index in [1.807, 2.05) is 18.2 Å². The molecule has 6 heteroatoms. The summed E-state index contributed by atoms with van der Waals surface area (Å²) in [7, 11) is 0. The highest BCUT2D eigenvalue weighted by atomic mass is 16.6. The standard InChI is InChI=1S/C18H15NO5/c20-13-9-6-7-10(17(21)19-8-4-2-1-3-5-8)12-11(9)14(24-18(12)22)16-15(13)23-16/h1-6,10-12,14-16H,7H2,(H,19,21)/t10-,11+,12-,14-,15+,16-/m0/s1. The van der Waals surface area contributed by atoms with Crippen molar-refractivity contribution in [1.29, 1.82) is 0 Å². The average Bonchev–Trinajstić information content (AvgIpc) is 3.32. The number of anilines is 1. The predicted octanol–water partition coefficient (Wildman–Crippen LogP) is 1.08. The van der Waals surface area contributed by atoms with Gasteiger partial charge < -0.3 is 14.8 Å². The quantitative estimate of drug-likeness (QED) is 0.650. The SMILES string of the molecule is O=C1O[C@@H]2[C@@H]3O[C@@H]3C(=O)C3=CC[C@H](C(=O)Nc4ccccc4)[C@H]1[C@@H]32. The molecule has 1 aromatic rings. The van der Waals surface area contributed by atoms with Crippen molar-refractivity contribution in [3.63, 3.8) is 0 Å². The van der Waals surface area contributed by atoms with Crippen molar-refractivity contribution < 1.29 is 23.9 Å². The Balaban J connectivity index is 1.46. The van der Waals surface area contributed by atoms with Crippen LogP contribution in [0.1, 0.15) is 6.42 Å². The number of benzene rings is 1. The fraction of sp³-hybridized carbons (Fsp3) is 0.389. The van der Waals surface area contributed by atoms with Crippen LogP contribution in [0.2, 0.25) is 0 Å². The van der Waals surface area contributed by atoms with E-state index in [9.17, 15) is 14.4 Å². The summed E-state index contributed by atoms with van der Waals surface area (Å²) in [5.41, 5.74) is 1.30. The summed E-state index contributed by atoms with van der Waals surface area (Å²) in [4.78, 5) is 37.4. The van der Waals surface area contributed by atoms with Crippen molar-refractivity contribution in [1.82, 2.24) is 0 Å². The first-order chi connectivity index (χ1) is 11.6. The van der Waals surface area contributed by atoms with Crippen LogP contribution in [0.15, 0.2) is 42.0 Å². The van der Waals surface area contributed by atoms with Gasteiger partial charge in [0.1, 0.15) is 12.2 Å². The monoisotopic (exact) mass is 325 g/mol. The molecule has 2 saturated heterocycles. The Bertz CT molecular complexity index is 786. The minimum absolute atomic E-state index is 0.0496. The van der Waals surface area contributed by atoms with E-state index in [0.29, 0.717) is 17.7 Å². The van der Waals surface area contributed by atoms with Gasteiger partial charge in [-0.2, -0.15) is 0 Å². The number of esters is 1. The minimum atomic E-state index is -0.604. The second kappa shape index (κ2) is 4.77. The third kappa shape index (κ3) is 1.83. The van der Waals surface area contributed by atoms with Crippen molar-refractivity contribution >= 4 is 23.3 Å². The molecule has 0 aromatic heterocycles. The zero-order valence-electron chi connectivity index (χ0n) is 12.7. The van der Waals surface area contributed by atoms with Crippen LogP contribution >= 0.6 is 0 Å². The van der Waals surface area contributed by atoms with Gasteiger partial charge in [0.2, 0.25) is 5.91 Å². The normalized spacial score (nSPS) is 38.6. The third-order valence-electron chi connectivity index (χ3n) is 5.42. The van der Waals surface area contributed by atoms with Gasteiger partial charge in [0.05, 0.1) is 11.8 Å². The average molecular weight is 325 g/mol. The van der Waals surface area contributed by atoms with Gasteiger partial charge in [-0.05, 0) is 18.6 Å². The van der Waals surface area contributed by atoms with E-state index in [1.54, 1.807) is 18.2 Å². The number of para-hydroxylation sites is 1. The van der Waals surface area contributed by atoms with Crippen molar-refractivity contribution in [2.24, 2.45) is 17.8 Å². The molecule has 0 unspecified atom stereocenters. The lowest BCUT2D eigenvalue weighted by molar-refractivity contribution is -0.147. The zero-order valence-corrected chi connectivity index (χ0v) is 12.7. The number of Topliss-reactive ketones (excluding diaryl/α,β-unsaturated/α-hetero) is 1. The van der Waals surface area contributed by atoms with Crippen molar-refractivity contribution in [3.05, 3.63) is 42.0 Å². The number of nitrogens with one attached hydrogen (secondary N) is 1.